The summed E-state index contributed by atoms with van der Waals surface area (Å²) in [5, 5.41) is 9.49. The van der Waals surface area contributed by atoms with Crippen LogP contribution in [0, 0.1) is 0 Å². The predicted molar refractivity (Wildman–Crippen MR) is 108 cm³/mol. The summed E-state index contributed by atoms with van der Waals surface area (Å²) < 4.78 is 1.73. The summed E-state index contributed by atoms with van der Waals surface area (Å²) in [7, 11) is 0. The molecule has 1 N–H and O–H groups in total. The van der Waals surface area contributed by atoms with E-state index in [9.17, 15) is 4.79 Å². The Labute approximate surface area is 161 Å². The third-order valence-corrected chi connectivity index (χ3v) is 5.40. The molecule has 1 amide bonds. The number of amides is 1. The number of benzene rings is 1. The standard InChI is InChI=1S/C21H20N4OS/c1-15(9-10-16-6-3-2-4-7-16)24-21(26)17-14-23-25-18(11-12-22-20(17)25)19-8-5-13-27-19/h2-8,11-15H,9-10H2,1H3,(H,24,26)/t15-/m1/s1. The van der Waals surface area contributed by atoms with Crippen molar-refractivity contribution in [3.8, 4) is 10.6 Å². The van der Waals surface area contributed by atoms with Crippen LogP contribution in [0.15, 0.2) is 66.3 Å². The molecule has 0 aliphatic heterocycles. The molecular weight excluding hydrogens is 356 g/mol. The molecule has 0 saturated heterocycles. The number of nitrogens with zero attached hydrogens (tertiary/aromatic N) is 3. The summed E-state index contributed by atoms with van der Waals surface area (Å²) in [6.07, 6.45) is 5.13. The zero-order chi connectivity index (χ0) is 18.6. The van der Waals surface area contributed by atoms with Gasteiger partial charge in [-0.2, -0.15) is 5.10 Å². The quantitative estimate of drug-likeness (QED) is 0.548. The van der Waals surface area contributed by atoms with E-state index >= 15 is 0 Å². The topological polar surface area (TPSA) is 59.3 Å². The second-order valence-electron chi connectivity index (χ2n) is 6.50. The molecule has 136 valence electrons. The van der Waals surface area contributed by atoms with Crippen molar-refractivity contribution in [2.45, 2.75) is 25.8 Å². The number of nitrogens with one attached hydrogen (secondary N) is 1. The molecule has 6 heteroatoms. The average molecular weight is 376 g/mol. The Kier molecular flexibility index (Phi) is 4.98. The number of carbonyl (C=O) groups is 1. The van der Waals surface area contributed by atoms with E-state index in [0.717, 1.165) is 23.4 Å². The van der Waals surface area contributed by atoms with Crippen molar-refractivity contribution in [1.82, 2.24) is 19.9 Å². The molecule has 0 aliphatic carbocycles. The lowest BCUT2D eigenvalue weighted by molar-refractivity contribution is 0.0940. The molecule has 0 bridgehead atoms. The highest BCUT2D eigenvalue weighted by atomic mass is 32.1. The van der Waals surface area contributed by atoms with Crippen molar-refractivity contribution < 1.29 is 4.79 Å². The van der Waals surface area contributed by atoms with Gasteiger partial charge in [0.15, 0.2) is 5.65 Å². The molecule has 3 aromatic heterocycles. The van der Waals surface area contributed by atoms with Gasteiger partial charge in [0.2, 0.25) is 0 Å². The van der Waals surface area contributed by atoms with Gasteiger partial charge < -0.3 is 5.32 Å². The number of aryl methyl sites for hydroxylation is 1. The first kappa shape index (κ1) is 17.4. The smallest absolute Gasteiger partial charge is 0.256 e. The highest BCUT2D eigenvalue weighted by Crippen LogP contribution is 2.25. The van der Waals surface area contributed by atoms with E-state index in [-0.39, 0.29) is 11.9 Å². The molecule has 5 nitrogen and oxygen atoms in total. The van der Waals surface area contributed by atoms with E-state index in [2.05, 4.69) is 27.5 Å². The lowest BCUT2D eigenvalue weighted by atomic mass is 10.1. The maximum atomic E-state index is 12.7. The minimum Gasteiger partial charge on any atom is -0.349 e. The lowest BCUT2D eigenvalue weighted by Crippen LogP contribution is -2.32. The normalized spacial score (nSPS) is 12.2. The first-order chi connectivity index (χ1) is 13.2. The third-order valence-electron chi connectivity index (χ3n) is 4.51. The van der Waals surface area contributed by atoms with Crippen LogP contribution >= 0.6 is 11.3 Å². The van der Waals surface area contributed by atoms with E-state index in [1.807, 2.05) is 48.7 Å². The number of rotatable bonds is 6. The summed E-state index contributed by atoms with van der Waals surface area (Å²) in [6, 6.07) is 16.3. The Morgan fingerprint density at radius 3 is 2.81 bits per heavy atom. The number of thiophene rings is 1. The van der Waals surface area contributed by atoms with Crippen LogP contribution in [0.3, 0.4) is 0 Å². The van der Waals surface area contributed by atoms with Gasteiger partial charge in [-0.15, -0.1) is 11.3 Å². The van der Waals surface area contributed by atoms with Gasteiger partial charge >= 0.3 is 0 Å². The summed E-state index contributed by atoms with van der Waals surface area (Å²) in [5.41, 5.74) is 3.29. The first-order valence-electron chi connectivity index (χ1n) is 8.94. The summed E-state index contributed by atoms with van der Waals surface area (Å²) >= 11 is 1.63. The molecule has 0 aliphatic rings. The maximum absolute atomic E-state index is 12.7. The van der Waals surface area contributed by atoms with Gasteiger partial charge in [-0.25, -0.2) is 9.50 Å². The first-order valence-corrected chi connectivity index (χ1v) is 9.82. The van der Waals surface area contributed by atoms with Crippen LogP contribution < -0.4 is 5.32 Å². The number of carbonyl (C=O) groups excluding carboxylic acids is 1. The highest BCUT2D eigenvalue weighted by molar-refractivity contribution is 7.13. The van der Waals surface area contributed by atoms with E-state index in [4.69, 9.17) is 0 Å². The SMILES string of the molecule is C[C@H](CCc1ccccc1)NC(=O)c1cnn2c(-c3cccs3)ccnc12. The van der Waals surface area contributed by atoms with Gasteiger partial charge in [0.25, 0.3) is 5.91 Å². The second kappa shape index (κ2) is 7.72. The molecule has 0 radical (unpaired) electrons. The molecule has 1 aromatic carbocycles. The van der Waals surface area contributed by atoms with Crippen LogP contribution in [0.5, 0.6) is 0 Å². The van der Waals surface area contributed by atoms with Gasteiger partial charge in [-0.1, -0.05) is 36.4 Å². The molecule has 1 atom stereocenters. The molecule has 0 fully saturated rings. The third kappa shape index (κ3) is 3.75. The highest BCUT2D eigenvalue weighted by Gasteiger charge is 2.18. The van der Waals surface area contributed by atoms with Crippen LogP contribution in [-0.4, -0.2) is 26.5 Å². The van der Waals surface area contributed by atoms with Crippen LogP contribution in [0.2, 0.25) is 0 Å². The molecule has 4 rings (SSSR count). The van der Waals surface area contributed by atoms with Crippen molar-refractivity contribution in [3.05, 3.63) is 77.4 Å². The van der Waals surface area contributed by atoms with Crippen LogP contribution in [-0.2, 0) is 6.42 Å². The second-order valence-corrected chi connectivity index (χ2v) is 7.45. The zero-order valence-electron chi connectivity index (χ0n) is 15.0. The van der Waals surface area contributed by atoms with E-state index in [1.165, 1.54) is 5.56 Å². The predicted octanol–water partition coefficient (Wildman–Crippen LogP) is 4.21. The van der Waals surface area contributed by atoms with Gasteiger partial charge in [-0.05, 0) is 42.8 Å². The van der Waals surface area contributed by atoms with Crippen molar-refractivity contribution in [2.24, 2.45) is 0 Å². The van der Waals surface area contributed by atoms with Crippen molar-refractivity contribution in [1.29, 1.82) is 0 Å². The Morgan fingerprint density at radius 1 is 1.19 bits per heavy atom. The number of fused-ring (bicyclic) bond motifs is 1. The molecule has 0 saturated carbocycles. The number of hydrogen-bond donors (Lipinski definition) is 1. The van der Waals surface area contributed by atoms with Crippen molar-refractivity contribution >= 4 is 22.9 Å². The fraction of sp³-hybridized carbons (Fsp3) is 0.190. The lowest BCUT2D eigenvalue weighted by Gasteiger charge is -2.13. The van der Waals surface area contributed by atoms with Crippen LogP contribution in [0.25, 0.3) is 16.2 Å². The minimum absolute atomic E-state index is 0.0631. The summed E-state index contributed by atoms with van der Waals surface area (Å²) in [6.45, 7) is 2.02. The van der Waals surface area contributed by atoms with Crippen molar-refractivity contribution in [3.63, 3.8) is 0 Å². The zero-order valence-corrected chi connectivity index (χ0v) is 15.8. The fourth-order valence-corrected chi connectivity index (χ4v) is 3.80. The van der Waals surface area contributed by atoms with Crippen molar-refractivity contribution in [2.75, 3.05) is 0 Å². The number of hydrogen-bond acceptors (Lipinski definition) is 4. The van der Waals surface area contributed by atoms with Gasteiger partial charge in [-0.3, -0.25) is 4.79 Å². The fourth-order valence-electron chi connectivity index (χ4n) is 3.06. The van der Waals surface area contributed by atoms with Crippen LogP contribution in [0.4, 0.5) is 0 Å². The molecule has 27 heavy (non-hydrogen) atoms. The van der Waals surface area contributed by atoms with Crippen LogP contribution in [0.1, 0.15) is 29.3 Å². The minimum atomic E-state index is -0.138. The molecule has 0 unspecified atom stereocenters. The molecule has 4 aromatic rings. The van der Waals surface area contributed by atoms with E-state index in [1.54, 1.807) is 28.2 Å². The Morgan fingerprint density at radius 2 is 2.04 bits per heavy atom. The van der Waals surface area contributed by atoms with Gasteiger partial charge in [0.05, 0.1) is 16.8 Å². The molecular formula is C21H20N4OS. The Hall–Kier alpha value is -2.99. The number of aromatic nitrogens is 3. The van der Waals surface area contributed by atoms with Gasteiger partial charge in [0.1, 0.15) is 5.56 Å². The van der Waals surface area contributed by atoms with Gasteiger partial charge in [0, 0.05) is 12.2 Å². The Balaban J connectivity index is 1.49. The summed E-state index contributed by atoms with van der Waals surface area (Å²) in [5.74, 6) is -0.138. The monoisotopic (exact) mass is 376 g/mol. The Bertz CT molecular complexity index is 1040. The maximum Gasteiger partial charge on any atom is 0.256 e. The largest absolute Gasteiger partial charge is 0.349 e. The van der Waals surface area contributed by atoms with E-state index in [0.29, 0.717) is 11.2 Å². The summed E-state index contributed by atoms with van der Waals surface area (Å²) in [4.78, 5) is 18.2. The molecule has 3 heterocycles. The molecule has 0 spiro atoms. The average Bonchev–Trinajstić information content (AvgIpc) is 3.37. The van der Waals surface area contributed by atoms with E-state index < -0.39 is 0 Å².